The van der Waals surface area contributed by atoms with Crippen LogP contribution in [0.1, 0.15) is 0 Å². The molecule has 1 N–H and O–H groups in total. The topological polar surface area (TPSA) is 67.9 Å². The average molecular weight is 298 g/mol. The molecule has 7 heteroatoms. The van der Waals surface area contributed by atoms with E-state index in [1.807, 2.05) is 0 Å². The van der Waals surface area contributed by atoms with Gasteiger partial charge in [-0.15, -0.1) is 0 Å². The first kappa shape index (κ1) is 17.1. The van der Waals surface area contributed by atoms with Gasteiger partial charge in [0.15, 0.2) is 0 Å². The fourth-order valence-electron chi connectivity index (χ4n) is 1.58. The minimum absolute atomic E-state index is 0.287. The number of rotatable bonds is 7. The Balaban J connectivity index is 2.63. The van der Waals surface area contributed by atoms with Crippen molar-refractivity contribution in [2.75, 3.05) is 45.8 Å². The smallest absolute Gasteiger partial charge is 0.313 e. The second kappa shape index (κ2) is 9.04. The van der Waals surface area contributed by atoms with E-state index in [1.54, 1.807) is 0 Å². The lowest BCUT2D eigenvalue weighted by molar-refractivity contribution is -0.144. The molecule has 0 bridgehead atoms. The molecule has 0 heterocycles. The average Bonchev–Trinajstić information content (AvgIpc) is 2.49. The van der Waals surface area contributed by atoms with Crippen LogP contribution in [0.25, 0.3) is 0 Å². The van der Waals surface area contributed by atoms with Crippen LogP contribution in [0.4, 0.5) is 10.1 Å². The number of ether oxygens (including phenoxy) is 2. The Hall–Kier alpha value is -1.99. The quantitative estimate of drug-likeness (QED) is 0.759. The van der Waals surface area contributed by atoms with E-state index in [9.17, 15) is 14.0 Å². The van der Waals surface area contributed by atoms with Gasteiger partial charge in [-0.05, 0) is 24.3 Å². The highest BCUT2D eigenvalue weighted by atomic mass is 19.1. The highest BCUT2D eigenvalue weighted by Crippen LogP contribution is 2.08. The molecule has 0 aliphatic heterocycles. The summed E-state index contributed by atoms with van der Waals surface area (Å²) in [5.41, 5.74) is 0.355. The Kier molecular flexibility index (Phi) is 7.34. The number of hydrogen-bond acceptors (Lipinski definition) is 4. The second-order valence-corrected chi connectivity index (χ2v) is 4.24. The summed E-state index contributed by atoms with van der Waals surface area (Å²) in [5.74, 6) is -1.89. The highest BCUT2D eigenvalue weighted by Gasteiger charge is 2.21. The lowest BCUT2D eigenvalue weighted by atomic mass is 10.3. The van der Waals surface area contributed by atoms with Crippen molar-refractivity contribution in [1.29, 1.82) is 0 Å². The van der Waals surface area contributed by atoms with E-state index in [0.29, 0.717) is 18.9 Å². The molecule has 1 aromatic rings. The van der Waals surface area contributed by atoms with Crippen molar-refractivity contribution in [3.05, 3.63) is 30.1 Å². The molecule has 1 aromatic carbocycles. The molecule has 116 valence electrons. The summed E-state index contributed by atoms with van der Waals surface area (Å²) in [6.07, 6.45) is 0. The fourth-order valence-corrected chi connectivity index (χ4v) is 1.58. The van der Waals surface area contributed by atoms with Crippen molar-refractivity contribution in [2.45, 2.75) is 0 Å². The van der Waals surface area contributed by atoms with Gasteiger partial charge in [0.2, 0.25) is 0 Å². The maximum absolute atomic E-state index is 12.8. The maximum Gasteiger partial charge on any atom is 0.313 e. The van der Waals surface area contributed by atoms with Gasteiger partial charge in [0.1, 0.15) is 5.82 Å². The maximum atomic E-state index is 12.8. The van der Waals surface area contributed by atoms with E-state index in [2.05, 4.69) is 5.32 Å². The molecule has 0 unspecified atom stereocenters. The van der Waals surface area contributed by atoms with E-state index in [0.717, 1.165) is 0 Å². The minimum Gasteiger partial charge on any atom is -0.383 e. The van der Waals surface area contributed by atoms with Crippen molar-refractivity contribution < 1.29 is 23.5 Å². The predicted octanol–water partition coefficient (Wildman–Crippen LogP) is 0.886. The molecule has 2 amide bonds. The zero-order valence-corrected chi connectivity index (χ0v) is 12.1. The first-order valence-corrected chi connectivity index (χ1v) is 6.42. The molecule has 21 heavy (non-hydrogen) atoms. The van der Waals surface area contributed by atoms with Crippen LogP contribution in [-0.2, 0) is 19.1 Å². The van der Waals surface area contributed by atoms with Crippen LogP contribution in [0, 0.1) is 5.82 Å². The van der Waals surface area contributed by atoms with Gasteiger partial charge in [-0.25, -0.2) is 4.39 Å². The molecule has 0 saturated heterocycles. The van der Waals surface area contributed by atoms with E-state index >= 15 is 0 Å². The molecule has 0 saturated carbocycles. The van der Waals surface area contributed by atoms with Crippen LogP contribution in [0.5, 0.6) is 0 Å². The third-order valence-electron chi connectivity index (χ3n) is 2.71. The summed E-state index contributed by atoms with van der Waals surface area (Å²) in [6.45, 7) is 1.21. The summed E-state index contributed by atoms with van der Waals surface area (Å²) in [7, 11) is 3.02. The minimum atomic E-state index is -0.784. The van der Waals surface area contributed by atoms with E-state index < -0.39 is 17.6 Å². The number of methoxy groups -OCH3 is 2. The van der Waals surface area contributed by atoms with Crippen molar-refractivity contribution in [2.24, 2.45) is 0 Å². The third kappa shape index (κ3) is 5.88. The van der Waals surface area contributed by atoms with Crippen LogP contribution < -0.4 is 5.32 Å². The molecule has 0 spiro atoms. The first-order chi connectivity index (χ1) is 10.1. The molecule has 6 nitrogen and oxygen atoms in total. The normalized spacial score (nSPS) is 10.2. The van der Waals surface area contributed by atoms with Crippen molar-refractivity contribution >= 4 is 17.5 Å². The molecule has 1 rings (SSSR count). The Morgan fingerprint density at radius 2 is 1.62 bits per heavy atom. The largest absolute Gasteiger partial charge is 0.383 e. The summed E-state index contributed by atoms with van der Waals surface area (Å²) in [6, 6.07) is 5.17. The second-order valence-electron chi connectivity index (χ2n) is 4.24. The van der Waals surface area contributed by atoms with Crippen LogP contribution in [0.3, 0.4) is 0 Å². The third-order valence-corrected chi connectivity index (χ3v) is 2.71. The lowest BCUT2D eigenvalue weighted by Gasteiger charge is -2.21. The van der Waals surface area contributed by atoms with Gasteiger partial charge in [0, 0.05) is 33.0 Å². The van der Waals surface area contributed by atoms with Crippen molar-refractivity contribution in [3.63, 3.8) is 0 Å². The number of anilines is 1. The van der Waals surface area contributed by atoms with Gasteiger partial charge in [-0.1, -0.05) is 0 Å². The number of carbonyl (C=O) groups excluding carboxylic acids is 2. The van der Waals surface area contributed by atoms with E-state index in [4.69, 9.17) is 9.47 Å². The summed E-state index contributed by atoms with van der Waals surface area (Å²) in [5, 5.41) is 2.42. The zero-order valence-electron chi connectivity index (χ0n) is 12.1. The number of hydrogen-bond donors (Lipinski definition) is 1. The van der Waals surface area contributed by atoms with Crippen LogP contribution in [0.15, 0.2) is 24.3 Å². The fraction of sp³-hybridized carbons (Fsp3) is 0.429. The van der Waals surface area contributed by atoms with E-state index in [1.165, 1.54) is 43.4 Å². The zero-order chi connectivity index (χ0) is 15.7. The SMILES string of the molecule is COCCN(CCOC)C(=O)C(=O)Nc1ccc(F)cc1. The Morgan fingerprint density at radius 3 is 2.10 bits per heavy atom. The van der Waals surface area contributed by atoms with Gasteiger partial charge in [0.25, 0.3) is 0 Å². The van der Waals surface area contributed by atoms with Gasteiger partial charge in [-0.3, -0.25) is 9.59 Å². The summed E-state index contributed by atoms with van der Waals surface area (Å²) in [4.78, 5) is 25.3. The number of benzene rings is 1. The van der Waals surface area contributed by atoms with Crippen molar-refractivity contribution in [1.82, 2.24) is 4.90 Å². The Labute approximate surface area is 122 Å². The molecular weight excluding hydrogens is 279 g/mol. The summed E-state index contributed by atoms with van der Waals surface area (Å²) < 4.78 is 22.6. The van der Waals surface area contributed by atoms with Gasteiger partial charge in [0.05, 0.1) is 13.2 Å². The van der Waals surface area contributed by atoms with Crippen LogP contribution in [0.2, 0.25) is 0 Å². The van der Waals surface area contributed by atoms with Crippen molar-refractivity contribution in [3.8, 4) is 0 Å². The van der Waals surface area contributed by atoms with Gasteiger partial charge >= 0.3 is 11.8 Å². The van der Waals surface area contributed by atoms with E-state index in [-0.39, 0.29) is 13.1 Å². The molecule has 0 atom stereocenters. The predicted molar refractivity (Wildman–Crippen MR) is 75.4 cm³/mol. The number of nitrogens with one attached hydrogen (secondary N) is 1. The molecule has 0 aliphatic carbocycles. The highest BCUT2D eigenvalue weighted by molar-refractivity contribution is 6.39. The Bertz CT molecular complexity index is 457. The van der Waals surface area contributed by atoms with Crippen LogP contribution >= 0.6 is 0 Å². The standard InChI is InChI=1S/C14H19FN2O4/c1-20-9-7-17(8-10-21-2)14(19)13(18)16-12-5-3-11(15)4-6-12/h3-6H,7-10H2,1-2H3,(H,16,18). The number of nitrogens with zero attached hydrogens (tertiary/aromatic N) is 1. The molecule has 0 fully saturated rings. The number of halogens is 1. The number of amides is 2. The lowest BCUT2D eigenvalue weighted by Crippen LogP contribution is -2.43. The molecule has 0 aromatic heterocycles. The first-order valence-electron chi connectivity index (χ1n) is 6.42. The van der Waals surface area contributed by atoms with Crippen LogP contribution in [-0.4, -0.2) is 57.2 Å². The van der Waals surface area contributed by atoms with Gasteiger partial charge < -0.3 is 19.7 Å². The summed E-state index contributed by atoms with van der Waals surface area (Å²) >= 11 is 0. The monoisotopic (exact) mass is 298 g/mol. The number of carbonyl (C=O) groups is 2. The van der Waals surface area contributed by atoms with Gasteiger partial charge in [-0.2, -0.15) is 0 Å². The molecule has 0 radical (unpaired) electrons. The molecular formula is C14H19FN2O4. The Morgan fingerprint density at radius 1 is 1.10 bits per heavy atom. The molecule has 0 aliphatic rings.